The van der Waals surface area contributed by atoms with Crippen LogP contribution in [-0.2, 0) is 27.1 Å². The standard InChI is InChI=1S/C17H27N4O4P/c1-2-3-7-13-8-4-5-9-14(13)12-25-17(23)20-15-10-6-11-21(16(15)22)26(18,19)24/h4-5,8-9,15H,2-3,6-7,10-12H2,1H3,(H,20,23)(H4,18,19,24)/t15-/m0/s1. The van der Waals surface area contributed by atoms with E-state index in [9.17, 15) is 14.2 Å². The van der Waals surface area contributed by atoms with Crippen LogP contribution in [-0.4, -0.2) is 29.3 Å². The number of benzene rings is 1. The minimum Gasteiger partial charge on any atom is -0.445 e. The molecule has 1 aliphatic heterocycles. The van der Waals surface area contributed by atoms with Crippen molar-refractivity contribution in [3.63, 3.8) is 0 Å². The van der Waals surface area contributed by atoms with Gasteiger partial charge in [0.25, 0.3) is 5.91 Å². The Hall–Kier alpha value is -1.89. The van der Waals surface area contributed by atoms with E-state index in [4.69, 9.17) is 15.7 Å². The molecule has 0 unspecified atom stereocenters. The topological polar surface area (TPSA) is 128 Å². The largest absolute Gasteiger partial charge is 0.445 e. The first-order valence-electron chi connectivity index (χ1n) is 8.82. The molecule has 0 spiro atoms. The molecule has 1 aromatic carbocycles. The van der Waals surface area contributed by atoms with Crippen molar-refractivity contribution in [3.8, 4) is 0 Å². The van der Waals surface area contributed by atoms with Gasteiger partial charge in [0.15, 0.2) is 0 Å². The summed E-state index contributed by atoms with van der Waals surface area (Å²) >= 11 is 0. The molecule has 0 bridgehead atoms. The van der Waals surface area contributed by atoms with Gasteiger partial charge in [0.1, 0.15) is 12.6 Å². The number of carbonyl (C=O) groups is 2. The Kier molecular flexibility index (Phi) is 7.20. The van der Waals surface area contributed by atoms with Gasteiger partial charge in [0.2, 0.25) is 0 Å². The number of carbonyl (C=O) groups excluding carboxylic acids is 2. The maximum atomic E-state index is 12.3. The molecular weight excluding hydrogens is 355 g/mol. The second-order valence-electron chi connectivity index (χ2n) is 6.42. The van der Waals surface area contributed by atoms with Crippen LogP contribution in [0.25, 0.3) is 0 Å². The summed E-state index contributed by atoms with van der Waals surface area (Å²) in [6.07, 6.45) is 3.36. The van der Waals surface area contributed by atoms with E-state index in [2.05, 4.69) is 12.2 Å². The summed E-state index contributed by atoms with van der Waals surface area (Å²) in [6, 6.07) is 6.97. The van der Waals surface area contributed by atoms with Gasteiger partial charge >= 0.3 is 13.7 Å². The summed E-state index contributed by atoms with van der Waals surface area (Å²) in [7, 11) is -3.67. The van der Waals surface area contributed by atoms with Crippen LogP contribution < -0.4 is 16.3 Å². The van der Waals surface area contributed by atoms with E-state index in [-0.39, 0.29) is 13.2 Å². The molecule has 1 fully saturated rings. The fraction of sp³-hybridized carbons (Fsp3) is 0.529. The third-order valence-electron chi connectivity index (χ3n) is 4.36. The second kappa shape index (κ2) is 9.16. The summed E-state index contributed by atoms with van der Waals surface area (Å²) in [6.45, 7) is 2.47. The Morgan fingerprint density at radius 3 is 2.69 bits per heavy atom. The molecule has 2 amide bonds. The monoisotopic (exact) mass is 382 g/mol. The van der Waals surface area contributed by atoms with Gasteiger partial charge in [0, 0.05) is 6.54 Å². The fourth-order valence-electron chi connectivity index (χ4n) is 2.94. The summed E-state index contributed by atoms with van der Waals surface area (Å²) in [5, 5.41) is 2.52. The number of nitrogens with one attached hydrogen (secondary N) is 1. The van der Waals surface area contributed by atoms with Crippen molar-refractivity contribution in [1.82, 2.24) is 9.99 Å². The second-order valence-corrected chi connectivity index (χ2v) is 8.25. The van der Waals surface area contributed by atoms with Crippen molar-refractivity contribution in [2.75, 3.05) is 6.54 Å². The van der Waals surface area contributed by atoms with Crippen LogP contribution in [0, 0.1) is 0 Å². The molecule has 1 aliphatic rings. The van der Waals surface area contributed by atoms with Gasteiger partial charge in [-0.2, -0.15) is 0 Å². The van der Waals surface area contributed by atoms with Gasteiger partial charge in [-0.25, -0.2) is 4.79 Å². The van der Waals surface area contributed by atoms with E-state index < -0.39 is 25.6 Å². The molecule has 1 heterocycles. The van der Waals surface area contributed by atoms with E-state index in [1.54, 1.807) is 0 Å². The first kappa shape index (κ1) is 20.4. The van der Waals surface area contributed by atoms with Crippen molar-refractivity contribution in [3.05, 3.63) is 35.4 Å². The van der Waals surface area contributed by atoms with Gasteiger partial charge in [0.05, 0.1) is 0 Å². The number of nitrogens with two attached hydrogens (primary N) is 2. The third-order valence-corrected chi connectivity index (χ3v) is 5.51. The number of ether oxygens (including phenoxy) is 1. The Labute approximate surface area is 153 Å². The molecule has 0 aromatic heterocycles. The Bertz CT molecular complexity index is 691. The van der Waals surface area contributed by atoms with Crippen LogP contribution in [0.15, 0.2) is 24.3 Å². The first-order valence-corrected chi connectivity index (χ1v) is 10.6. The number of amides is 2. The molecule has 9 heteroatoms. The molecule has 2 rings (SSSR count). The van der Waals surface area contributed by atoms with Gasteiger partial charge in [-0.05, 0) is 36.8 Å². The predicted molar refractivity (Wildman–Crippen MR) is 99.1 cm³/mol. The van der Waals surface area contributed by atoms with Crippen LogP contribution in [0.4, 0.5) is 4.79 Å². The quantitative estimate of drug-likeness (QED) is 0.621. The lowest BCUT2D eigenvalue weighted by atomic mass is 10.0. The third kappa shape index (κ3) is 5.56. The van der Waals surface area contributed by atoms with Crippen molar-refractivity contribution in [2.45, 2.75) is 51.7 Å². The van der Waals surface area contributed by atoms with Crippen LogP contribution in [0.5, 0.6) is 0 Å². The molecule has 1 atom stereocenters. The molecule has 0 radical (unpaired) electrons. The van der Waals surface area contributed by atoms with Gasteiger partial charge in [-0.3, -0.25) is 25.0 Å². The van der Waals surface area contributed by atoms with E-state index in [1.807, 2.05) is 24.3 Å². The van der Waals surface area contributed by atoms with Crippen LogP contribution >= 0.6 is 7.59 Å². The Morgan fingerprint density at radius 2 is 2.04 bits per heavy atom. The molecule has 1 saturated heterocycles. The highest BCUT2D eigenvalue weighted by molar-refractivity contribution is 7.57. The molecular formula is C17H27N4O4P. The van der Waals surface area contributed by atoms with Crippen LogP contribution in [0.1, 0.15) is 43.7 Å². The maximum Gasteiger partial charge on any atom is 0.408 e. The number of aryl methyl sites for hydroxylation is 1. The minimum atomic E-state index is -3.67. The maximum absolute atomic E-state index is 12.3. The molecule has 0 aliphatic carbocycles. The molecule has 1 aromatic rings. The minimum absolute atomic E-state index is 0.128. The average molecular weight is 382 g/mol. The zero-order valence-electron chi connectivity index (χ0n) is 15.0. The summed E-state index contributed by atoms with van der Waals surface area (Å²) in [4.78, 5) is 24.4. The number of alkyl carbamates (subject to hydrolysis) is 1. The van der Waals surface area contributed by atoms with Gasteiger partial charge in [-0.1, -0.05) is 37.6 Å². The summed E-state index contributed by atoms with van der Waals surface area (Å²) in [5.41, 5.74) is 12.9. The molecule has 5 N–H and O–H groups in total. The molecule has 144 valence electrons. The number of hydrogen-bond acceptors (Lipinski definition) is 4. The number of piperidine rings is 1. The lowest BCUT2D eigenvalue weighted by Crippen LogP contribution is -2.52. The van der Waals surface area contributed by atoms with Crippen molar-refractivity contribution >= 4 is 19.6 Å². The molecule has 8 nitrogen and oxygen atoms in total. The van der Waals surface area contributed by atoms with Crippen LogP contribution in [0.3, 0.4) is 0 Å². The Morgan fingerprint density at radius 1 is 1.35 bits per heavy atom. The van der Waals surface area contributed by atoms with Crippen molar-refractivity contribution in [1.29, 1.82) is 0 Å². The lowest BCUT2D eigenvalue weighted by molar-refractivity contribution is -0.130. The normalized spacial score (nSPS) is 17.9. The average Bonchev–Trinajstić information content (AvgIpc) is 2.59. The number of rotatable bonds is 7. The molecule has 26 heavy (non-hydrogen) atoms. The van der Waals surface area contributed by atoms with E-state index in [0.717, 1.165) is 35.1 Å². The Balaban J connectivity index is 1.91. The highest BCUT2D eigenvalue weighted by Crippen LogP contribution is 2.35. The van der Waals surface area contributed by atoms with E-state index >= 15 is 0 Å². The number of unbranched alkanes of at least 4 members (excludes halogenated alkanes) is 1. The summed E-state index contributed by atoms with van der Waals surface area (Å²) < 4.78 is 18.0. The van der Waals surface area contributed by atoms with E-state index in [0.29, 0.717) is 12.8 Å². The predicted octanol–water partition coefficient (Wildman–Crippen LogP) is 2.27. The smallest absolute Gasteiger partial charge is 0.408 e. The lowest BCUT2D eigenvalue weighted by Gasteiger charge is -2.33. The molecule has 0 saturated carbocycles. The van der Waals surface area contributed by atoms with Crippen molar-refractivity contribution in [2.24, 2.45) is 11.0 Å². The van der Waals surface area contributed by atoms with Crippen molar-refractivity contribution < 1.29 is 18.9 Å². The number of nitrogens with zero attached hydrogens (tertiary/aromatic N) is 1. The highest BCUT2D eigenvalue weighted by Gasteiger charge is 2.36. The zero-order chi connectivity index (χ0) is 19.2. The highest BCUT2D eigenvalue weighted by atomic mass is 31.2. The fourth-order valence-corrected chi connectivity index (χ4v) is 3.84. The van der Waals surface area contributed by atoms with Crippen LogP contribution in [0.2, 0.25) is 0 Å². The zero-order valence-corrected chi connectivity index (χ0v) is 15.9. The van der Waals surface area contributed by atoms with E-state index in [1.165, 1.54) is 0 Å². The SMILES string of the molecule is CCCCc1ccccc1COC(=O)N[C@H]1CCCN(P(N)(N)=O)C1=O. The van der Waals surface area contributed by atoms with Gasteiger partial charge < -0.3 is 10.1 Å². The first-order chi connectivity index (χ1) is 12.3. The number of hydrogen-bond donors (Lipinski definition) is 3. The summed E-state index contributed by atoms with van der Waals surface area (Å²) in [5.74, 6) is -0.537. The van der Waals surface area contributed by atoms with Gasteiger partial charge in [-0.15, -0.1) is 0 Å².